The summed E-state index contributed by atoms with van der Waals surface area (Å²) in [4.78, 5) is 32.3. The number of aliphatic carboxylic acids is 1. The van der Waals surface area contributed by atoms with E-state index < -0.39 is 36.4 Å². The Morgan fingerprint density at radius 2 is 2.00 bits per heavy atom. The Hall–Kier alpha value is -2.23. The van der Waals surface area contributed by atoms with Crippen LogP contribution in [0.3, 0.4) is 0 Å². The third-order valence-corrected chi connectivity index (χ3v) is 1.61. The van der Waals surface area contributed by atoms with Gasteiger partial charge in [0, 0.05) is 0 Å². The van der Waals surface area contributed by atoms with Crippen LogP contribution >= 0.6 is 0 Å². The average molecular weight is 227 g/mol. The van der Waals surface area contributed by atoms with Gasteiger partial charge in [0.1, 0.15) is 6.04 Å². The second-order valence-electron chi connectivity index (χ2n) is 3.07. The van der Waals surface area contributed by atoms with Gasteiger partial charge in [-0.2, -0.15) is 0 Å². The highest BCUT2D eigenvalue weighted by Crippen LogP contribution is 1.91. The Labute approximate surface area is 92.4 Å². The van der Waals surface area contributed by atoms with Gasteiger partial charge < -0.3 is 21.5 Å². The van der Waals surface area contributed by atoms with Gasteiger partial charge in [0.25, 0.3) is 0 Å². The second kappa shape index (κ2) is 6.29. The van der Waals surface area contributed by atoms with Crippen LogP contribution in [0.15, 0.2) is 0 Å². The monoisotopic (exact) mass is 227 g/mol. The number of primary amides is 1. The number of carboxylic acid groups (broad SMARTS) is 1. The molecule has 0 aliphatic carbocycles. The Morgan fingerprint density at radius 1 is 1.44 bits per heavy atom. The summed E-state index contributed by atoms with van der Waals surface area (Å²) in [5, 5.41) is 13.0. The number of carbonyl (C=O) groups excluding carboxylic acids is 2. The average Bonchev–Trinajstić information content (AvgIpc) is 2.15. The van der Waals surface area contributed by atoms with E-state index in [1.54, 1.807) is 6.92 Å². The molecule has 0 spiro atoms. The number of rotatable bonds is 5. The van der Waals surface area contributed by atoms with E-state index in [9.17, 15) is 14.4 Å². The number of urea groups is 1. The molecule has 0 saturated carbocycles. The number of terminal acetylenes is 1. The molecule has 0 fully saturated rings. The van der Waals surface area contributed by atoms with Gasteiger partial charge in [0.05, 0.1) is 12.5 Å². The quantitative estimate of drug-likeness (QED) is 0.433. The van der Waals surface area contributed by atoms with Gasteiger partial charge in [0.2, 0.25) is 5.91 Å². The molecule has 1 unspecified atom stereocenters. The highest BCUT2D eigenvalue weighted by Gasteiger charge is 2.22. The van der Waals surface area contributed by atoms with Crippen molar-refractivity contribution in [1.82, 2.24) is 10.6 Å². The summed E-state index contributed by atoms with van der Waals surface area (Å²) >= 11 is 0. The molecule has 7 heteroatoms. The molecule has 0 aromatic rings. The SMILES string of the molecule is C#CC(C)NC(=O)N[C@@H](CC(N)=O)C(=O)O. The fourth-order valence-electron chi connectivity index (χ4n) is 0.839. The molecule has 0 aromatic heterocycles. The predicted octanol–water partition coefficient (Wildman–Crippen LogP) is -1.36. The van der Waals surface area contributed by atoms with Gasteiger partial charge in [-0.25, -0.2) is 9.59 Å². The maximum Gasteiger partial charge on any atom is 0.326 e. The lowest BCUT2D eigenvalue weighted by molar-refractivity contribution is -0.140. The zero-order chi connectivity index (χ0) is 12.7. The topological polar surface area (TPSA) is 122 Å². The number of hydrogen-bond acceptors (Lipinski definition) is 3. The minimum atomic E-state index is -1.36. The first kappa shape index (κ1) is 13.8. The molecule has 0 saturated heterocycles. The van der Waals surface area contributed by atoms with E-state index in [2.05, 4.69) is 16.6 Å². The molecule has 0 aliphatic heterocycles. The van der Waals surface area contributed by atoms with Crippen LogP contribution in [0.4, 0.5) is 4.79 Å². The van der Waals surface area contributed by atoms with Crippen LogP contribution in [-0.2, 0) is 9.59 Å². The van der Waals surface area contributed by atoms with E-state index in [1.807, 2.05) is 0 Å². The lowest BCUT2D eigenvalue weighted by Gasteiger charge is -2.14. The molecule has 0 rings (SSSR count). The van der Waals surface area contributed by atoms with E-state index in [-0.39, 0.29) is 0 Å². The van der Waals surface area contributed by atoms with Crippen LogP contribution in [-0.4, -0.2) is 35.1 Å². The van der Waals surface area contributed by atoms with Crippen molar-refractivity contribution < 1.29 is 19.5 Å². The van der Waals surface area contributed by atoms with E-state index in [0.717, 1.165) is 0 Å². The van der Waals surface area contributed by atoms with E-state index in [4.69, 9.17) is 17.3 Å². The predicted molar refractivity (Wildman–Crippen MR) is 55.2 cm³/mol. The van der Waals surface area contributed by atoms with Gasteiger partial charge in [-0.05, 0) is 6.92 Å². The van der Waals surface area contributed by atoms with Crippen molar-refractivity contribution in [2.45, 2.75) is 25.4 Å². The minimum absolute atomic E-state index is 0.479. The lowest BCUT2D eigenvalue weighted by Crippen LogP contribution is -2.49. The van der Waals surface area contributed by atoms with Gasteiger partial charge in [-0.1, -0.05) is 5.92 Å². The van der Waals surface area contributed by atoms with E-state index >= 15 is 0 Å². The third kappa shape index (κ3) is 5.49. The van der Waals surface area contributed by atoms with Gasteiger partial charge in [-0.15, -0.1) is 6.42 Å². The molecular formula is C9H13N3O4. The lowest BCUT2D eigenvalue weighted by atomic mass is 10.2. The summed E-state index contributed by atoms with van der Waals surface area (Å²) in [7, 11) is 0. The van der Waals surface area contributed by atoms with Crippen LogP contribution in [0.2, 0.25) is 0 Å². The zero-order valence-electron chi connectivity index (χ0n) is 8.69. The van der Waals surface area contributed by atoms with Crippen LogP contribution in [0.1, 0.15) is 13.3 Å². The molecule has 3 amide bonds. The molecule has 0 aliphatic rings. The van der Waals surface area contributed by atoms with Crippen molar-refractivity contribution in [3.63, 3.8) is 0 Å². The fourth-order valence-corrected chi connectivity index (χ4v) is 0.839. The molecule has 7 nitrogen and oxygen atoms in total. The van der Waals surface area contributed by atoms with Crippen molar-refractivity contribution in [2.75, 3.05) is 0 Å². The Kier molecular flexibility index (Phi) is 5.41. The maximum absolute atomic E-state index is 11.2. The van der Waals surface area contributed by atoms with Gasteiger partial charge in [0.15, 0.2) is 0 Å². The van der Waals surface area contributed by atoms with Crippen molar-refractivity contribution in [3.05, 3.63) is 0 Å². The summed E-state index contributed by atoms with van der Waals surface area (Å²) in [6.45, 7) is 1.55. The summed E-state index contributed by atoms with van der Waals surface area (Å²) in [5.74, 6) is 0.0614. The third-order valence-electron chi connectivity index (χ3n) is 1.61. The van der Waals surface area contributed by atoms with E-state index in [1.165, 1.54) is 0 Å². The number of nitrogens with two attached hydrogens (primary N) is 1. The highest BCUT2D eigenvalue weighted by atomic mass is 16.4. The van der Waals surface area contributed by atoms with Crippen LogP contribution in [0.5, 0.6) is 0 Å². The van der Waals surface area contributed by atoms with Gasteiger partial charge in [-0.3, -0.25) is 4.79 Å². The number of amides is 3. The Morgan fingerprint density at radius 3 is 2.38 bits per heavy atom. The maximum atomic E-state index is 11.2. The summed E-state index contributed by atoms with van der Waals surface area (Å²) in [6.07, 6.45) is 4.53. The van der Waals surface area contributed by atoms with E-state index in [0.29, 0.717) is 0 Å². The fraction of sp³-hybridized carbons (Fsp3) is 0.444. The Balaban J connectivity index is 4.30. The summed E-state index contributed by atoms with van der Waals surface area (Å²) in [5.41, 5.74) is 4.83. The van der Waals surface area contributed by atoms with Crippen LogP contribution in [0, 0.1) is 12.3 Å². The molecule has 0 heterocycles. The first-order chi connectivity index (χ1) is 7.36. The number of nitrogens with one attached hydrogen (secondary N) is 2. The molecular weight excluding hydrogens is 214 g/mol. The molecule has 0 aromatic carbocycles. The highest BCUT2D eigenvalue weighted by molar-refractivity contribution is 5.87. The molecule has 16 heavy (non-hydrogen) atoms. The van der Waals surface area contributed by atoms with Crippen LogP contribution < -0.4 is 16.4 Å². The molecule has 0 bridgehead atoms. The van der Waals surface area contributed by atoms with Gasteiger partial charge >= 0.3 is 12.0 Å². The van der Waals surface area contributed by atoms with Crippen molar-refractivity contribution in [3.8, 4) is 12.3 Å². The normalized spacial score (nSPS) is 13.0. The zero-order valence-corrected chi connectivity index (χ0v) is 8.69. The second-order valence-corrected chi connectivity index (χ2v) is 3.07. The standard InChI is InChI=1S/C9H13N3O4/c1-3-5(2)11-9(16)12-6(8(14)15)4-7(10)13/h1,5-6H,4H2,2H3,(H2,10,13)(H,14,15)(H2,11,12,16)/t5?,6-/m0/s1. The molecule has 5 N–H and O–H groups in total. The van der Waals surface area contributed by atoms with Crippen molar-refractivity contribution >= 4 is 17.9 Å². The largest absolute Gasteiger partial charge is 0.480 e. The Bertz CT molecular complexity index is 334. The first-order valence-corrected chi connectivity index (χ1v) is 4.41. The minimum Gasteiger partial charge on any atom is -0.480 e. The first-order valence-electron chi connectivity index (χ1n) is 4.41. The van der Waals surface area contributed by atoms with Crippen molar-refractivity contribution in [2.24, 2.45) is 5.73 Å². The molecule has 2 atom stereocenters. The number of carboxylic acids is 1. The van der Waals surface area contributed by atoms with Crippen LogP contribution in [0.25, 0.3) is 0 Å². The number of hydrogen-bond donors (Lipinski definition) is 4. The molecule has 88 valence electrons. The molecule has 0 radical (unpaired) electrons. The smallest absolute Gasteiger partial charge is 0.326 e. The summed E-state index contributed by atoms with van der Waals surface area (Å²) in [6, 6.07) is -2.66. The number of carbonyl (C=O) groups is 3. The van der Waals surface area contributed by atoms with Crippen molar-refractivity contribution in [1.29, 1.82) is 0 Å². The summed E-state index contributed by atoms with van der Waals surface area (Å²) < 4.78 is 0.